The van der Waals surface area contributed by atoms with Gasteiger partial charge >= 0.3 is 0 Å². The molecule has 2 aromatic rings. The van der Waals surface area contributed by atoms with E-state index in [-0.39, 0.29) is 18.3 Å². The third-order valence-electron chi connectivity index (χ3n) is 3.15. The molecule has 0 saturated heterocycles. The summed E-state index contributed by atoms with van der Waals surface area (Å²) in [6.45, 7) is 3.78. The first-order valence-corrected chi connectivity index (χ1v) is 8.49. The van der Waals surface area contributed by atoms with Gasteiger partial charge in [0, 0.05) is 4.90 Å². The number of nitrogens with one attached hydrogen (secondary N) is 2. The lowest BCUT2D eigenvalue weighted by molar-refractivity contribution is -0.128. The van der Waals surface area contributed by atoms with Gasteiger partial charge in [-0.2, -0.15) is 0 Å². The Morgan fingerprint density at radius 3 is 2.50 bits per heavy atom. The van der Waals surface area contributed by atoms with Crippen LogP contribution in [0.2, 0.25) is 0 Å². The zero-order valence-corrected chi connectivity index (χ0v) is 14.5. The van der Waals surface area contributed by atoms with Crippen LogP contribution in [-0.2, 0) is 9.59 Å². The number of ether oxygens (including phenoxy) is 1. The van der Waals surface area contributed by atoms with Crippen molar-refractivity contribution in [3.63, 3.8) is 0 Å². The van der Waals surface area contributed by atoms with E-state index in [4.69, 9.17) is 4.74 Å². The Bertz CT molecular complexity index is 719. The summed E-state index contributed by atoms with van der Waals surface area (Å²) in [5.74, 6) is 0.161. The standard InChI is InChI=1S/C18H20N2O3S/c1-13-6-5-8-15(10-13)23-11-17(21)19-20-18(22)12-24-16-9-4-3-7-14(16)2/h3-10H,11-12H2,1-2H3,(H,19,21)(H,20,22). The van der Waals surface area contributed by atoms with Gasteiger partial charge in [-0.15, -0.1) is 11.8 Å². The zero-order valence-electron chi connectivity index (χ0n) is 13.7. The summed E-state index contributed by atoms with van der Waals surface area (Å²) in [4.78, 5) is 24.5. The molecule has 0 fully saturated rings. The van der Waals surface area contributed by atoms with E-state index in [1.165, 1.54) is 11.8 Å². The van der Waals surface area contributed by atoms with Crippen LogP contribution in [0.1, 0.15) is 11.1 Å². The Kier molecular flexibility index (Phi) is 6.69. The minimum Gasteiger partial charge on any atom is -0.484 e. The first kappa shape index (κ1) is 17.9. The second-order valence-corrected chi connectivity index (χ2v) is 6.27. The van der Waals surface area contributed by atoms with E-state index in [9.17, 15) is 9.59 Å². The number of aryl methyl sites for hydroxylation is 2. The molecule has 0 radical (unpaired) electrons. The summed E-state index contributed by atoms with van der Waals surface area (Å²) in [5, 5.41) is 0. The molecule has 0 aromatic heterocycles. The summed E-state index contributed by atoms with van der Waals surface area (Å²) in [5.41, 5.74) is 6.89. The average molecular weight is 344 g/mol. The van der Waals surface area contributed by atoms with Crippen LogP contribution >= 0.6 is 11.8 Å². The van der Waals surface area contributed by atoms with E-state index in [0.717, 1.165) is 16.0 Å². The smallest absolute Gasteiger partial charge is 0.276 e. The molecule has 2 N–H and O–H groups in total. The monoisotopic (exact) mass is 344 g/mol. The highest BCUT2D eigenvalue weighted by atomic mass is 32.2. The zero-order chi connectivity index (χ0) is 17.4. The number of benzene rings is 2. The van der Waals surface area contributed by atoms with Crippen LogP contribution in [-0.4, -0.2) is 24.2 Å². The second kappa shape index (κ2) is 8.98. The summed E-state index contributed by atoms with van der Waals surface area (Å²) < 4.78 is 5.36. The molecule has 2 aromatic carbocycles. The van der Waals surface area contributed by atoms with Crippen molar-refractivity contribution in [2.45, 2.75) is 18.7 Å². The number of hydrogen-bond acceptors (Lipinski definition) is 4. The third kappa shape index (κ3) is 5.96. The van der Waals surface area contributed by atoms with E-state index in [1.54, 1.807) is 6.07 Å². The van der Waals surface area contributed by atoms with Crippen LogP contribution in [0.25, 0.3) is 0 Å². The lowest BCUT2D eigenvalue weighted by Gasteiger charge is -2.09. The molecule has 2 rings (SSSR count). The van der Waals surface area contributed by atoms with Crippen molar-refractivity contribution in [2.24, 2.45) is 0 Å². The van der Waals surface area contributed by atoms with Crippen LogP contribution in [0.3, 0.4) is 0 Å². The van der Waals surface area contributed by atoms with Crippen LogP contribution in [0.4, 0.5) is 0 Å². The Hall–Kier alpha value is -2.47. The van der Waals surface area contributed by atoms with Crippen LogP contribution < -0.4 is 15.6 Å². The van der Waals surface area contributed by atoms with E-state index < -0.39 is 5.91 Å². The number of hydrazine groups is 1. The van der Waals surface area contributed by atoms with E-state index in [1.807, 2.05) is 56.3 Å². The molecule has 0 aliphatic rings. The molecule has 24 heavy (non-hydrogen) atoms. The van der Waals surface area contributed by atoms with Crippen molar-refractivity contribution in [2.75, 3.05) is 12.4 Å². The minimum atomic E-state index is -0.411. The molecular formula is C18H20N2O3S. The number of carbonyl (C=O) groups is 2. The van der Waals surface area contributed by atoms with Gasteiger partial charge in [-0.3, -0.25) is 20.4 Å². The SMILES string of the molecule is Cc1cccc(OCC(=O)NNC(=O)CSc2ccccc2C)c1. The van der Waals surface area contributed by atoms with E-state index in [0.29, 0.717) is 5.75 Å². The molecule has 126 valence electrons. The fraction of sp³-hybridized carbons (Fsp3) is 0.222. The molecule has 0 aliphatic carbocycles. The van der Waals surface area contributed by atoms with E-state index in [2.05, 4.69) is 10.9 Å². The van der Waals surface area contributed by atoms with E-state index >= 15 is 0 Å². The second-order valence-electron chi connectivity index (χ2n) is 5.26. The Morgan fingerprint density at radius 1 is 1.00 bits per heavy atom. The van der Waals surface area contributed by atoms with Crippen molar-refractivity contribution in [1.82, 2.24) is 10.9 Å². The number of thioether (sulfide) groups is 1. The molecule has 0 saturated carbocycles. The van der Waals surface area contributed by atoms with Gasteiger partial charge in [0.05, 0.1) is 5.75 Å². The molecule has 6 heteroatoms. The predicted molar refractivity (Wildman–Crippen MR) is 94.9 cm³/mol. The highest BCUT2D eigenvalue weighted by Gasteiger charge is 2.07. The summed E-state index contributed by atoms with van der Waals surface area (Å²) in [6.07, 6.45) is 0. The van der Waals surface area contributed by atoms with Gasteiger partial charge in [0.2, 0.25) is 5.91 Å². The quantitative estimate of drug-likeness (QED) is 0.624. The van der Waals surface area contributed by atoms with Gasteiger partial charge in [-0.05, 0) is 43.2 Å². The molecule has 0 aliphatic heterocycles. The van der Waals surface area contributed by atoms with Crippen LogP contribution in [0, 0.1) is 13.8 Å². The van der Waals surface area contributed by atoms with Gasteiger partial charge in [0.25, 0.3) is 5.91 Å². The Labute approximate surface area is 145 Å². The van der Waals surface area contributed by atoms with Gasteiger partial charge in [-0.25, -0.2) is 0 Å². The Balaban J connectivity index is 1.68. The van der Waals surface area contributed by atoms with Gasteiger partial charge in [0.1, 0.15) is 5.75 Å². The third-order valence-corrected chi connectivity index (χ3v) is 4.33. The first-order valence-electron chi connectivity index (χ1n) is 7.50. The van der Waals surface area contributed by atoms with Crippen LogP contribution in [0.15, 0.2) is 53.4 Å². The summed E-state index contributed by atoms with van der Waals surface area (Å²) in [7, 11) is 0. The van der Waals surface area contributed by atoms with Crippen molar-refractivity contribution in [3.8, 4) is 5.75 Å². The molecule has 2 amide bonds. The highest BCUT2D eigenvalue weighted by molar-refractivity contribution is 8.00. The summed E-state index contributed by atoms with van der Waals surface area (Å²) in [6, 6.07) is 15.2. The average Bonchev–Trinajstić information content (AvgIpc) is 2.57. The maximum absolute atomic E-state index is 11.8. The van der Waals surface area contributed by atoms with Gasteiger partial charge in [-0.1, -0.05) is 30.3 Å². The lowest BCUT2D eigenvalue weighted by Crippen LogP contribution is -2.44. The predicted octanol–water partition coefficient (Wildman–Crippen LogP) is 2.62. The number of hydrogen-bond donors (Lipinski definition) is 2. The molecule has 0 heterocycles. The normalized spacial score (nSPS) is 10.1. The number of rotatable bonds is 6. The van der Waals surface area contributed by atoms with Crippen molar-refractivity contribution >= 4 is 23.6 Å². The maximum atomic E-state index is 11.8. The van der Waals surface area contributed by atoms with Crippen molar-refractivity contribution in [3.05, 3.63) is 59.7 Å². The summed E-state index contributed by atoms with van der Waals surface area (Å²) >= 11 is 1.42. The molecule has 0 spiro atoms. The fourth-order valence-electron chi connectivity index (χ4n) is 1.93. The van der Waals surface area contributed by atoms with Gasteiger partial charge in [0.15, 0.2) is 6.61 Å². The molecule has 5 nitrogen and oxygen atoms in total. The molecular weight excluding hydrogens is 324 g/mol. The van der Waals surface area contributed by atoms with Crippen LogP contribution in [0.5, 0.6) is 5.75 Å². The maximum Gasteiger partial charge on any atom is 0.276 e. The molecule has 0 unspecified atom stereocenters. The Morgan fingerprint density at radius 2 is 1.75 bits per heavy atom. The fourth-order valence-corrected chi connectivity index (χ4v) is 2.76. The topological polar surface area (TPSA) is 67.4 Å². The molecule has 0 atom stereocenters. The minimum absolute atomic E-state index is 0.158. The largest absolute Gasteiger partial charge is 0.484 e. The first-order chi connectivity index (χ1) is 11.5. The highest BCUT2D eigenvalue weighted by Crippen LogP contribution is 2.21. The number of carbonyl (C=O) groups excluding carboxylic acids is 2. The molecule has 0 bridgehead atoms. The van der Waals surface area contributed by atoms with Crippen molar-refractivity contribution in [1.29, 1.82) is 0 Å². The van der Waals surface area contributed by atoms with Crippen molar-refractivity contribution < 1.29 is 14.3 Å². The van der Waals surface area contributed by atoms with Gasteiger partial charge < -0.3 is 4.74 Å². The number of amides is 2. The lowest BCUT2D eigenvalue weighted by atomic mass is 10.2.